The molecule has 3 rings (SSSR count). The van der Waals surface area contributed by atoms with Crippen molar-refractivity contribution in [2.45, 2.75) is 32.9 Å². The van der Waals surface area contributed by atoms with Crippen LogP contribution in [0.4, 0.5) is 11.4 Å². The molecule has 0 aliphatic rings. The molecule has 1 atom stereocenters. The predicted molar refractivity (Wildman–Crippen MR) is 146 cm³/mol. The number of benzene rings is 3. The van der Waals surface area contributed by atoms with Crippen molar-refractivity contribution in [3.63, 3.8) is 0 Å². The zero-order chi connectivity index (χ0) is 26.5. The van der Waals surface area contributed by atoms with E-state index in [4.69, 9.17) is 23.2 Å². The standard InChI is InChI=1S/C26H27Cl2N3O4S/c1-4-17(2)29-26(33)20-8-5-6-10-22(20)30-25(32)19-14-12-18(13-15-19)16-31(36(3,34)35)23-11-7-9-21(27)24(23)28/h5-15,17H,4,16H2,1-3H3,(H,29,33)(H,30,32)/t17-/m1/s1. The summed E-state index contributed by atoms with van der Waals surface area (Å²) in [6.45, 7) is 3.88. The van der Waals surface area contributed by atoms with Crippen LogP contribution in [0.5, 0.6) is 0 Å². The number of sulfonamides is 1. The topological polar surface area (TPSA) is 95.6 Å². The summed E-state index contributed by atoms with van der Waals surface area (Å²) in [5.41, 5.74) is 2.01. The van der Waals surface area contributed by atoms with Crippen molar-refractivity contribution in [3.05, 3.63) is 93.5 Å². The van der Waals surface area contributed by atoms with Crippen LogP contribution in [0.1, 0.15) is 46.5 Å². The predicted octanol–water partition coefficient (Wildman–Crippen LogP) is 5.74. The second kappa shape index (κ2) is 11.8. The molecule has 0 aliphatic carbocycles. The van der Waals surface area contributed by atoms with Gasteiger partial charge in [-0.25, -0.2) is 8.42 Å². The molecule has 3 aromatic carbocycles. The van der Waals surface area contributed by atoms with Gasteiger partial charge in [0, 0.05) is 11.6 Å². The second-order valence-electron chi connectivity index (χ2n) is 8.32. The number of anilines is 2. The number of carbonyl (C=O) groups is 2. The van der Waals surface area contributed by atoms with Crippen LogP contribution in [-0.4, -0.2) is 32.5 Å². The molecule has 7 nitrogen and oxygen atoms in total. The summed E-state index contributed by atoms with van der Waals surface area (Å²) in [4.78, 5) is 25.5. The zero-order valence-corrected chi connectivity index (χ0v) is 22.4. The molecule has 0 unspecified atom stereocenters. The highest BCUT2D eigenvalue weighted by Crippen LogP contribution is 2.34. The number of amides is 2. The lowest BCUT2D eigenvalue weighted by Gasteiger charge is -2.24. The van der Waals surface area contributed by atoms with Crippen LogP contribution < -0.4 is 14.9 Å². The van der Waals surface area contributed by atoms with E-state index < -0.39 is 15.9 Å². The molecule has 190 valence electrons. The molecule has 0 saturated heterocycles. The quantitative estimate of drug-likeness (QED) is 0.357. The Hall–Kier alpha value is -3.07. The molecule has 0 radical (unpaired) electrons. The fourth-order valence-electron chi connectivity index (χ4n) is 3.38. The summed E-state index contributed by atoms with van der Waals surface area (Å²) in [6, 6.07) is 18.1. The van der Waals surface area contributed by atoms with E-state index in [0.29, 0.717) is 22.4 Å². The van der Waals surface area contributed by atoms with E-state index in [0.717, 1.165) is 17.0 Å². The van der Waals surface area contributed by atoms with E-state index in [1.54, 1.807) is 66.7 Å². The Balaban J connectivity index is 1.78. The van der Waals surface area contributed by atoms with Crippen molar-refractivity contribution in [2.75, 3.05) is 15.9 Å². The SMILES string of the molecule is CC[C@@H](C)NC(=O)c1ccccc1NC(=O)c1ccc(CN(c2cccc(Cl)c2Cl)S(C)(=O)=O)cc1. The minimum absolute atomic E-state index is 0.000583. The van der Waals surface area contributed by atoms with E-state index >= 15 is 0 Å². The van der Waals surface area contributed by atoms with Crippen LogP contribution in [0.25, 0.3) is 0 Å². The van der Waals surface area contributed by atoms with Crippen molar-refractivity contribution in [3.8, 4) is 0 Å². The summed E-state index contributed by atoms with van der Waals surface area (Å²) in [6.07, 6.45) is 1.87. The first-order valence-corrected chi connectivity index (χ1v) is 13.8. The fourth-order valence-corrected chi connectivity index (χ4v) is 4.72. The van der Waals surface area contributed by atoms with Crippen LogP contribution in [0, 0.1) is 0 Å². The maximum atomic E-state index is 12.9. The van der Waals surface area contributed by atoms with E-state index in [1.807, 2.05) is 13.8 Å². The van der Waals surface area contributed by atoms with Crippen molar-refractivity contribution in [1.82, 2.24) is 5.32 Å². The lowest BCUT2D eigenvalue weighted by atomic mass is 10.1. The van der Waals surface area contributed by atoms with Gasteiger partial charge in [-0.3, -0.25) is 13.9 Å². The van der Waals surface area contributed by atoms with Gasteiger partial charge in [0.15, 0.2) is 0 Å². The van der Waals surface area contributed by atoms with Gasteiger partial charge in [0.2, 0.25) is 10.0 Å². The number of carbonyl (C=O) groups excluding carboxylic acids is 2. The summed E-state index contributed by atoms with van der Waals surface area (Å²) in [7, 11) is -3.67. The lowest BCUT2D eigenvalue weighted by Crippen LogP contribution is -2.32. The molecule has 0 aliphatic heterocycles. The summed E-state index contributed by atoms with van der Waals surface area (Å²) < 4.78 is 26.1. The number of rotatable bonds is 9. The van der Waals surface area contributed by atoms with Gasteiger partial charge in [0.25, 0.3) is 11.8 Å². The number of nitrogens with one attached hydrogen (secondary N) is 2. The molecule has 3 aromatic rings. The minimum atomic E-state index is -3.67. The van der Waals surface area contributed by atoms with Crippen LogP contribution >= 0.6 is 23.2 Å². The molecule has 0 bridgehead atoms. The molecular weight excluding hydrogens is 521 g/mol. The average Bonchev–Trinajstić information content (AvgIpc) is 2.84. The highest BCUT2D eigenvalue weighted by Gasteiger charge is 2.22. The molecule has 10 heteroatoms. The Bertz CT molecular complexity index is 1360. The van der Waals surface area contributed by atoms with Gasteiger partial charge in [-0.15, -0.1) is 0 Å². The molecule has 0 fully saturated rings. The molecule has 0 saturated carbocycles. The minimum Gasteiger partial charge on any atom is -0.350 e. The molecule has 36 heavy (non-hydrogen) atoms. The third kappa shape index (κ3) is 6.78. The van der Waals surface area contributed by atoms with Gasteiger partial charge in [0.05, 0.1) is 39.8 Å². The number of halogens is 2. The Morgan fingerprint density at radius 1 is 0.944 bits per heavy atom. The maximum Gasteiger partial charge on any atom is 0.255 e. The molecule has 0 aromatic heterocycles. The number of hydrogen-bond acceptors (Lipinski definition) is 4. The first-order valence-electron chi connectivity index (χ1n) is 11.2. The Morgan fingerprint density at radius 3 is 2.25 bits per heavy atom. The van der Waals surface area contributed by atoms with Gasteiger partial charge in [-0.1, -0.05) is 60.5 Å². The van der Waals surface area contributed by atoms with Crippen molar-refractivity contribution < 1.29 is 18.0 Å². The van der Waals surface area contributed by atoms with Crippen LogP contribution in [0.2, 0.25) is 10.0 Å². The normalized spacial score (nSPS) is 12.0. The third-order valence-electron chi connectivity index (χ3n) is 5.55. The number of para-hydroxylation sites is 1. The molecule has 0 spiro atoms. The number of hydrogen-bond donors (Lipinski definition) is 2. The summed E-state index contributed by atoms with van der Waals surface area (Å²) >= 11 is 12.3. The van der Waals surface area contributed by atoms with Crippen molar-refractivity contribution in [2.24, 2.45) is 0 Å². The van der Waals surface area contributed by atoms with Gasteiger partial charge < -0.3 is 10.6 Å². The highest BCUT2D eigenvalue weighted by atomic mass is 35.5. The highest BCUT2D eigenvalue weighted by molar-refractivity contribution is 7.92. The third-order valence-corrected chi connectivity index (χ3v) is 7.49. The van der Waals surface area contributed by atoms with Crippen LogP contribution in [0.3, 0.4) is 0 Å². The van der Waals surface area contributed by atoms with Gasteiger partial charge in [0.1, 0.15) is 0 Å². The van der Waals surface area contributed by atoms with Gasteiger partial charge in [-0.05, 0) is 55.3 Å². The van der Waals surface area contributed by atoms with Crippen molar-refractivity contribution >= 4 is 56.4 Å². The van der Waals surface area contributed by atoms with E-state index in [1.165, 1.54) is 0 Å². The molecule has 2 amide bonds. The monoisotopic (exact) mass is 547 g/mol. The number of nitrogens with zero attached hydrogens (tertiary/aromatic N) is 1. The maximum absolute atomic E-state index is 12.9. The Morgan fingerprint density at radius 2 is 1.61 bits per heavy atom. The zero-order valence-electron chi connectivity index (χ0n) is 20.1. The van der Waals surface area contributed by atoms with Crippen LogP contribution in [0.15, 0.2) is 66.7 Å². The molecular formula is C26H27Cl2N3O4S. The second-order valence-corrected chi connectivity index (χ2v) is 11.0. The first kappa shape index (κ1) is 27.5. The summed E-state index contributed by atoms with van der Waals surface area (Å²) in [5, 5.41) is 6.06. The van der Waals surface area contributed by atoms with E-state index in [2.05, 4.69) is 10.6 Å². The molecule has 0 heterocycles. The Labute approximate surface area is 221 Å². The van der Waals surface area contributed by atoms with Gasteiger partial charge in [-0.2, -0.15) is 0 Å². The van der Waals surface area contributed by atoms with Gasteiger partial charge >= 0.3 is 0 Å². The average molecular weight is 548 g/mol. The van der Waals surface area contributed by atoms with E-state index in [9.17, 15) is 18.0 Å². The summed E-state index contributed by atoms with van der Waals surface area (Å²) in [5.74, 6) is -0.667. The smallest absolute Gasteiger partial charge is 0.255 e. The fraction of sp³-hybridized carbons (Fsp3) is 0.231. The van der Waals surface area contributed by atoms with Crippen molar-refractivity contribution in [1.29, 1.82) is 0 Å². The Kier molecular flexibility index (Phi) is 9.00. The first-order chi connectivity index (χ1) is 17.0. The van der Waals surface area contributed by atoms with Crippen LogP contribution in [-0.2, 0) is 16.6 Å². The molecule has 2 N–H and O–H groups in total. The van der Waals surface area contributed by atoms with E-state index in [-0.39, 0.29) is 34.2 Å². The lowest BCUT2D eigenvalue weighted by molar-refractivity contribution is 0.0940. The largest absolute Gasteiger partial charge is 0.350 e.